The molecule has 0 aromatic rings. The summed E-state index contributed by atoms with van der Waals surface area (Å²) in [5.41, 5.74) is 1.09. The number of rotatable bonds is 3. The third kappa shape index (κ3) is 1.70. The van der Waals surface area contributed by atoms with Crippen molar-refractivity contribution in [3.63, 3.8) is 0 Å². The summed E-state index contributed by atoms with van der Waals surface area (Å²) >= 11 is 39.7. The third-order valence-electron chi connectivity index (χ3n) is 6.00. The summed E-state index contributed by atoms with van der Waals surface area (Å²) in [6, 6.07) is 0. The molecule has 0 amide bonds. The maximum absolute atomic E-state index is 10.9. The van der Waals surface area contributed by atoms with E-state index in [0.29, 0.717) is 6.42 Å². The summed E-state index contributed by atoms with van der Waals surface area (Å²) in [5.74, 6) is -0.812. The van der Waals surface area contributed by atoms with Gasteiger partial charge < -0.3 is 5.11 Å². The number of allylic oxidation sites excluding steroid dienone is 4. The molecular formula is C15H12Cl6O2. The van der Waals surface area contributed by atoms with Crippen molar-refractivity contribution >= 4 is 75.6 Å². The van der Waals surface area contributed by atoms with Gasteiger partial charge >= 0.3 is 5.97 Å². The van der Waals surface area contributed by atoms with Crippen LogP contribution in [0, 0.1) is 23.7 Å². The number of fused-ring (bicyclic) bond motifs is 9. The van der Waals surface area contributed by atoms with Crippen LogP contribution in [0.15, 0.2) is 21.7 Å². The maximum atomic E-state index is 10.9. The summed E-state index contributed by atoms with van der Waals surface area (Å²) in [6.45, 7) is 0. The van der Waals surface area contributed by atoms with Crippen LogP contribution in [0.4, 0.5) is 0 Å². The summed E-state index contributed by atoms with van der Waals surface area (Å²) in [6.07, 6.45) is 3.56. The highest BCUT2D eigenvalue weighted by Crippen LogP contribution is 2.82. The molecule has 2 fully saturated rings. The molecule has 2 nitrogen and oxygen atoms in total. The van der Waals surface area contributed by atoms with Gasteiger partial charge in [0.05, 0.1) is 10.1 Å². The van der Waals surface area contributed by atoms with Crippen molar-refractivity contribution in [3.8, 4) is 0 Å². The Morgan fingerprint density at radius 2 is 1.70 bits per heavy atom. The molecule has 0 aromatic carbocycles. The zero-order chi connectivity index (χ0) is 16.9. The molecular weight excluding hydrogens is 425 g/mol. The molecule has 2 saturated carbocycles. The molecule has 6 atom stereocenters. The minimum absolute atomic E-state index is 0.0883. The second kappa shape index (κ2) is 4.90. The standard InChI is InChI=1S/C15H12Cl6O2/c16-11-12(17)14(19)10-7-4-6(3-5(7)1-2-8(22)23)9(10)13(11,18)15(14,20)21/h3,6-7,9-10H,1-2,4H2,(H,22,23)/t6-,7-,9+,10-,13+,14-/m1/s1. The molecule has 0 unspecified atom stereocenters. The predicted molar refractivity (Wildman–Crippen MR) is 93.9 cm³/mol. The molecule has 4 aliphatic rings. The molecule has 8 heteroatoms. The van der Waals surface area contributed by atoms with Gasteiger partial charge in [0.1, 0.15) is 9.75 Å². The topological polar surface area (TPSA) is 37.3 Å². The molecule has 0 aromatic heterocycles. The van der Waals surface area contributed by atoms with Crippen molar-refractivity contribution in [2.75, 3.05) is 0 Å². The van der Waals surface area contributed by atoms with Gasteiger partial charge in [-0.25, -0.2) is 0 Å². The molecule has 23 heavy (non-hydrogen) atoms. The van der Waals surface area contributed by atoms with Crippen molar-refractivity contribution < 1.29 is 9.90 Å². The number of aliphatic carboxylic acids is 1. The third-order valence-corrected chi connectivity index (χ3v) is 10.3. The van der Waals surface area contributed by atoms with Gasteiger partial charge in [-0.15, -0.1) is 23.2 Å². The second-order valence-corrected chi connectivity index (χ2v) is 10.1. The van der Waals surface area contributed by atoms with Gasteiger partial charge in [-0.2, -0.15) is 0 Å². The Kier molecular flexibility index (Phi) is 3.65. The number of alkyl halides is 4. The van der Waals surface area contributed by atoms with Gasteiger partial charge in [-0.05, 0) is 36.5 Å². The van der Waals surface area contributed by atoms with Crippen LogP contribution in [0.5, 0.6) is 0 Å². The van der Waals surface area contributed by atoms with E-state index in [4.69, 9.17) is 74.7 Å². The summed E-state index contributed by atoms with van der Waals surface area (Å²) in [5, 5.41) is 9.40. The van der Waals surface area contributed by atoms with Crippen molar-refractivity contribution in [3.05, 3.63) is 21.7 Å². The Hall–Kier alpha value is 0.690. The fourth-order valence-electron chi connectivity index (χ4n) is 5.21. The minimum Gasteiger partial charge on any atom is -0.481 e. The first kappa shape index (κ1) is 17.1. The van der Waals surface area contributed by atoms with Crippen LogP contribution in [-0.2, 0) is 4.79 Å². The lowest BCUT2D eigenvalue weighted by molar-refractivity contribution is -0.137. The Morgan fingerprint density at radius 1 is 1.13 bits per heavy atom. The van der Waals surface area contributed by atoms with Gasteiger partial charge in [0.15, 0.2) is 4.33 Å². The van der Waals surface area contributed by atoms with Crippen LogP contribution < -0.4 is 0 Å². The number of carboxylic acid groups (broad SMARTS) is 1. The highest BCUT2D eigenvalue weighted by Gasteiger charge is 2.85. The Balaban J connectivity index is 1.78. The average Bonchev–Trinajstić information content (AvgIpc) is 3.11. The van der Waals surface area contributed by atoms with Crippen molar-refractivity contribution in [1.82, 2.24) is 0 Å². The van der Waals surface area contributed by atoms with Gasteiger partial charge in [0, 0.05) is 6.42 Å². The first-order chi connectivity index (χ1) is 10.6. The number of carbonyl (C=O) groups is 1. The highest BCUT2D eigenvalue weighted by atomic mass is 35.5. The zero-order valence-corrected chi connectivity index (χ0v) is 16.2. The molecule has 126 valence electrons. The van der Waals surface area contributed by atoms with E-state index in [9.17, 15) is 4.79 Å². The van der Waals surface area contributed by atoms with Gasteiger partial charge in [0.25, 0.3) is 0 Å². The average molecular weight is 437 g/mol. The normalized spacial score (nSPS) is 48.9. The lowest BCUT2D eigenvalue weighted by Crippen LogP contribution is -2.46. The maximum Gasteiger partial charge on any atom is 0.303 e. The van der Waals surface area contributed by atoms with E-state index in [1.165, 1.54) is 0 Å². The first-order valence-corrected chi connectivity index (χ1v) is 9.59. The molecule has 4 rings (SSSR count). The SMILES string of the molecule is O=C(O)CCC1=C[C@@H]2C[C@H]1[C@@H]1[C@H]2[C@]2(Cl)C(Cl)=C(Cl)[C@@]1(Cl)C2(Cl)Cl. The van der Waals surface area contributed by atoms with Crippen molar-refractivity contribution in [1.29, 1.82) is 0 Å². The van der Waals surface area contributed by atoms with E-state index < -0.39 is 20.1 Å². The van der Waals surface area contributed by atoms with Gasteiger partial charge in [0.2, 0.25) is 0 Å². The van der Waals surface area contributed by atoms with E-state index in [2.05, 4.69) is 6.08 Å². The van der Waals surface area contributed by atoms with E-state index >= 15 is 0 Å². The zero-order valence-electron chi connectivity index (χ0n) is 11.6. The largest absolute Gasteiger partial charge is 0.481 e. The van der Waals surface area contributed by atoms with Crippen molar-refractivity contribution in [2.45, 2.75) is 33.3 Å². The summed E-state index contributed by atoms with van der Waals surface area (Å²) < 4.78 is -1.50. The quantitative estimate of drug-likeness (QED) is 0.360. The first-order valence-electron chi connectivity index (χ1n) is 7.32. The molecule has 0 heterocycles. The predicted octanol–water partition coefficient (Wildman–Crippen LogP) is 5.51. The Labute approximate surface area is 163 Å². The molecule has 0 spiro atoms. The Morgan fingerprint density at radius 3 is 2.26 bits per heavy atom. The van der Waals surface area contributed by atoms with Crippen molar-refractivity contribution in [2.24, 2.45) is 23.7 Å². The van der Waals surface area contributed by atoms with Gasteiger partial charge in [-0.1, -0.05) is 58.1 Å². The monoisotopic (exact) mass is 434 g/mol. The highest BCUT2D eigenvalue weighted by molar-refractivity contribution is 6.65. The smallest absolute Gasteiger partial charge is 0.303 e. The lowest BCUT2D eigenvalue weighted by Gasteiger charge is -2.39. The second-order valence-electron chi connectivity index (χ2n) is 6.82. The number of carboxylic acids is 1. The van der Waals surface area contributed by atoms with Gasteiger partial charge in [-0.3, -0.25) is 4.79 Å². The van der Waals surface area contributed by atoms with Crippen LogP contribution >= 0.6 is 69.6 Å². The molecule has 0 saturated heterocycles. The fraction of sp³-hybridized carbons (Fsp3) is 0.667. The molecule has 4 bridgehead atoms. The number of hydrogen-bond acceptors (Lipinski definition) is 1. The Bertz CT molecular complexity index is 685. The molecule has 0 aliphatic heterocycles. The molecule has 1 N–H and O–H groups in total. The minimum atomic E-state index is -1.50. The van der Waals surface area contributed by atoms with E-state index in [1.54, 1.807) is 0 Å². The van der Waals surface area contributed by atoms with Crippen LogP contribution in [0.1, 0.15) is 19.3 Å². The lowest BCUT2D eigenvalue weighted by atomic mass is 9.72. The summed E-state index contributed by atoms with van der Waals surface area (Å²) in [7, 11) is 0. The van der Waals surface area contributed by atoms with Crippen LogP contribution in [0.3, 0.4) is 0 Å². The van der Waals surface area contributed by atoms with E-state index in [1.807, 2.05) is 0 Å². The van der Waals surface area contributed by atoms with Crippen LogP contribution in [-0.4, -0.2) is 25.2 Å². The fourth-order valence-corrected chi connectivity index (χ4v) is 8.34. The number of hydrogen-bond donors (Lipinski definition) is 1. The van der Waals surface area contributed by atoms with E-state index in [0.717, 1.165) is 12.0 Å². The van der Waals surface area contributed by atoms with E-state index in [-0.39, 0.29) is 40.2 Å². The molecule has 0 radical (unpaired) electrons. The summed E-state index contributed by atoms with van der Waals surface area (Å²) in [4.78, 5) is 8.44. The number of halogens is 6. The molecule has 4 aliphatic carbocycles. The van der Waals surface area contributed by atoms with Crippen LogP contribution in [0.2, 0.25) is 0 Å². The van der Waals surface area contributed by atoms with Crippen LogP contribution in [0.25, 0.3) is 0 Å².